The quantitative estimate of drug-likeness (QED) is 0.268. The number of hydrogen-bond donors (Lipinski definition) is 1. The average Bonchev–Trinajstić information content (AvgIpc) is 3.43. The molecule has 1 atom stereocenters. The molecule has 0 aliphatic rings. The molecule has 4 aromatic rings. The van der Waals surface area contributed by atoms with Crippen LogP contribution in [-0.4, -0.2) is 25.7 Å². The summed E-state index contributed by atoms with van der Waals surface area (Å²) in [6, 6.07) is 3.57. The van der Waals surface area contributed by atoms with Crippen LogP contribution in [0.25, 0.3) is 16.4 Å². The molecule has 8 nitrogen and oxygen atoms in total. The third-order valence-electron chi connectivity index (χ3n) is 4.65. The lowest BCUT2D eigenvalue weighted by Gasteiger charge is -2.15. The van der Waals surface area contributed by atoms with E-state index in [1.807, 2.05) is 0 Å². The standard InChI is InChI=1S/C20H14F4N6O2S/c1-11(12-2-4-16(20(22,23)24)30(32)8-12)27-19(31)14-9-29(17-5-3-13(21)6-26-17)28-18(14)15-7-25-10-33-15/h2-11H,1H3,(H,27,31)/t11-/m1/s1. The van der Waals surface area contributed by atoms with Crippen LogP contribution in [0.2, 0.25) is 0 Å². The number of amides is 1. The molecule has 4 heterocycles. The monoisotopic (exact) mass is 478 g/mol. The fourth-order valence-electron chi connectivity index (χ4n) is 3.01. The van der Waals surface area contributed by atoms with E-state index in [4.69, 9.17) is 0 Å². The number of rotatable bonds is 5. The van der Waals surface area contributed by atoms with E-state index in [9.17, 15) is 27.6 Å². The molecular weight excluding hydrogens is 464 g/mol. The van der Waals surface area contributed by atoms with Gasteiger partial charge in [-0.25, -0.2) is 14.1 Å². The maximum Gasteiger partial charge on any atom is 0.478 e. The van der Waals surface area contributed by atoms with E-state index in [0.29, 0.717) is 16.6 Å². The lowest BCUT2D eigenvalue weighted by molar-refractivity contribution is -0.629. The zero-order chi connectivity index (χ0) is 23.8. The Morgan fingerprint density at radius 2 is 2.03 bits per heavy atom. The summed E-state index contributed by atoms with van der Waals surface area (Å²) >= 11 is 1.24. The van der Waals surface area contributed by atoms with Gasteiger partial charge in [-0.2, -0.15) is 23.0 Å². The molecule has 4 rings (SSSR count). The first-order valence-electron chi connectivity index (χ1n) is 9.35. The normalized spacial score (nSPS) is 12.5. The van der Waals surface area contributed by atoms with E-state index < -0.39 is 29.6 Å². The van der Waals surface area contributed by atoms with E-state index >= 15 is 0 Å². The summed E-state index contributed by atoms with van der Waals surface area (Å²) in [5, 5.41) is 18.8. The number of nitrogens with one attached hydrogen (secondary N) is 1. The molecule has 13 heteroatoms. The van der Waals surface area contributed by atoms with Crippen molar-refractivity contribution in [1.82, 2.24) is 25.1 Å². The van der Waals surface area contributed by atoms with Crippen molar-refractivity contribution in [3.05, 3.63) is 82.4 Å². The Labute approximate surface area is 187 Å². The summed E-state index contributed by atoms with van der Waals surface area (Å²) in [5.74, 6) is -0.853. The fourth-order valence-corrected chi connectivity index (χ4v) is 3.62. The molecule has 1 amide bonds. The van der Waals surface area contributed by atoms with E-state index in [0.717, 1.165) is 18.5 Å². The third-order valence-corrected chi connectivity index (χ3v) is 5.43. The second kappa shape index (κ2) is 8.58. The second-order valence-corrected chi connectivity index (χ2v) is 7.79. The van der Waals surface area contributed by atoms with Gasteiger partial charge < -0.3 is 10.5 Å². The van der Waals surface area contributed by atoms with Crippen molar-refractivity contribution in [2.75, 3.05) is 0 Å². The van der Waals surface area contributed by atoms with Crippen LogP contribution >= 0.6 is 11.3 Å². The van der Waals surface area contributed by atoms with Gasteiger partial charge in [0.15, 0.2) is 12.0 Å². The SMILES string of the molecule is C[C@@H](NC(=O)c1cn(-c2ccc(F)cn2)nc1-c1cncs1)c1ccc(C(F)(F)F)[n+]([O-])c1. The van der Waals surface area contributed by atoms with Crippen LogP contribution < -0.4 is 10.0 Å². The van der Waals surface area contributed by atoms with Crippen molar-refractivity contribution in [3.8, 4) is 16.4 Å². The molecule has 170 valence electrons. The average molecular weight is 478 g/mol. The fraction of sp³-hybridized carbons (Fsp3) is 0.150. The number of alkyl halides is 3. The van der Waals surface area contributed by atoms with Crippen LogP contribution in [0.3, 0.4) is 0 Å². The topological polar surface area (TPSA) is 99.6 Å². The molecular formula is C20H14F4N6O2S. The molecule has 0 aliphatic heterocycles. The largest absolute Gasteiger partial charge is 0.618 e. The number of hydrogen-bond acceptors (Lipinski definition) is 6. The van der Waals surface area contributed by atoms with Gasteiger partial charge in [-0.15, -0.1) is 11.3 Å². The third kappa shape index (κ3) is 4.67. The minimum atomic E-state index is -4.79. The minimum absolute atomic E-state index is 0.138. The van der Waals surface area contributed by atoms with Crippen LogP contribution in [0.5, 0.6) is 0 Å². The Morgan fingerprint density at radius 3 is 2.64 bits per heavy atom. The van der Waals surface area contributed by atoms with Gasteiger partial charge in [0.2, 0.25) is 0 Å². The minimum Gasteiger partial charge on any atom is -0.618 e. The van der Waals surface area contributed by atoms with Gasteiger partial charge in [0.1, 0.15) is 11.5 Å². The Kier molecular flexibility index (Phi) is 5.80. The number of carbonyl (C=O) groups is 1. The lowest BCUT2D eigenvalue weighted by Crippen LogP contribution is -2.38. The zero-order valence-electron chi connectivity index (χ0n) is 16.7. The first-order chi connectivity index (χ1) is 15.6. The molecule has 1 N–H and O–H groups in total. The maximum absolute atomic E-state index is 13.2. The Bertz CT molecular complexity index is 1290. The van der Waals surface area contributed by atoms with Crippen molar-refractivity contribution < 1.29 is 27.1 Å². The van der Waals surface area contributed by atoms with E-state index in [2.05, 4.69) is 20.4 Å². The van der Waals surface area contributed by atoms with Crippen LogP contribution in [0, 0.1) is 11.0 Å². The smallest absolute Gasteiger partial charge is 0.478 e. The van der Waals surface area contributed by atoms with Gasteiger partial charge in [-0.3, -0.25) is 9.78 Å². The van der Waals surface area contributed by atoms with Crippen molar-refractivity contribution in [3.63, 3.8) is 0 Å². The molecule has 33 heavy (non-hydrogen) atoms. The number of pyridine rings is 2. The summed E-state index contributed by atoms with van der Waals surface area (Å²) in [6.45, 7) is 1.53. The molecule has 0 saturated heterocycles. The van der Waals surface area contributed by atoms with E-state index in [-0.39, 0.29) is 21.7 Å². The highest BCUT2D eigenvalue weighted by Crippen LogP contribution is 2.28. The molecule has 0 radical (unpaired) electrons. The van der Waals surface area contributed by atoms with Gasteiger partial charge in [-0.05, 0) is 25.1 Å². The summed E-state index contributed by atoms with van der Waals surface area (Å²) in [7, 11) is 0. The summed E-state index contributed by atoms with van der Waals surface area (Å²) in [6.07, 6.45) is -0.0964. The van der Waals surface area contributed by atoms with Gasteiger partial charge in [-0.1, -0.05) is 0 Å². The predicted octanol–water partition coefficient (Wildman–Crippen LogP) is 3.67. The molecule has 0 unspecified atom stereocenters. The second-order valence-electron chi connectivity index (χ2n) is 6.90. The van der Waals surface area contributed by atoms with Gasteiger partial charge in [0.05, 0.1) is 28.2 Å². The number of nitrogens with zero attached hydrogens (tertiary/aromatic N) is 5. The van der Waals surface area contributed by atoms with E-state index in [1.54, 1.807) is 5.51 Å². The molecule has 0 saturated carbocycles. The Morgan fingerprint density at radius 1 is 1.24 bits per heavy atom. The molecule has 0 aromatic carbocycles. The lowest BCUT2D eigenvalue weighted by atomic mass is 10.1. The number of aromatic nitrogens is 5. The molecule has 0 bridgehead atoms. The highest BCUT2D eigenvalue weighted by molar-refractivity contribution is 7.13. The number of halogens is 4. The summed E-state index contributed by atoms with van der Waals surface area (Å²) < 4.78 is 52.7. The highest BCUT2D eigenvalue weighted by Gasteiger charge is 2.39. The van der Waals surface area contributed by atoms with Crippen molar-refractivity contribution in [2.45, 2.75) is 19.1 Å². The van der Waals surface area contributed by atoms with Crippen LogP contribution in [0.15, 0.2) is 54.6 Å². The van der Waals surface area contributed by atoms with Crippen LogP contribution in [-0.2, 0) is 6.18 Å². The van der Waals surface area contributed by atoms with Crippen molar-refractivity contribution in [2.24, 2.45) is 0 Å². The first kappa shape index (κ1) is 22.3. The van der Waals surface area contributed by atoms with Gasteiger partial charge in [0.25, 0.3) is 11.6 Å². The molecule has 0 aliphatic carbocycles. The van der Waals surface area contributed by atoms with Gasteiger partial charge in [0, 0.05) is 24.0 Å². The zero-order valence-corrected chi connectivity index (χ0v) is 17.6. The van der Waals surface area contributed by atoms with Crippen molar-refractivity contribution in [1.29, 1.82) is 0 Å². The molecule has 4 aromatic heterocycles. The number of carbonyl (C=O) groups excluding carboxylic acids is 1. The van der Waals surface area contributed by atoms with Crippen LogP contribution in [0.4, 0.5) is 17.6 Å². The number of thiazole rings is 1. The molecule has 0 fully saturated rings. The predicted molar refractivity (Wildman–Crippen MR) is 109 cm³/mol. The summed E-state index contributed by atoms with van der Waals surface area (Å²) in [4.78, 5) is 21.5. The highest BCUT2D eigenvalue weighted by atomic mass is 32.1. The maximum atomic E-state index is 13.2. The van der Waals surface area contributed by atoms with Gasteiger partial charge >= 0.3 is 6.18 Å². The Hall–Kier alpha value is -3.87. The summed E-state index contributed by atoms with van der Waals surface area (Å²) in [5.41, 5.74) is 0.812. The van der Waals surface area contributed by atoms with Crippen LogP contribution in [0.1, 0.15) is 34.6 Å². The van der Waals surface area contributed by atoms with Crippen molar-refractivity contribution >= 4 is 17.2 Å². The van der Waals surface area contributed by atoms with E-state index in [1.165, 1.54) is 47.5 Å². The first-order valence-corrected chi connectivity index (χ1v) is 10.2. The molecule has 0 spiro atoms. The Balaban J connectivity index is 1.63.